The van der Waals surface area contributed by atoms with Crippen molar-refractivity contribution in [1.82, 2.24) is 4.90 Å². The van der Waals surface area contributed by atoms with Gasteiger partial charge in [-0.3, -0.25) is 14.9 Å². The van der Waals surface area contributed by atoms with Crippen molar-refractivity contribution in [3.05, 3.63) is 33.9 Å². The number of carbonyl (C=O) groups excluding carboxylic acids is 2. The highest BCUT2D eigenvalue weighted by molar-refractivity contribution is 5.97. The molecule has 1 aromatic carbocycles. The van der Waals surface area contributed by atoms with Crippen LogP contribution in [-0.2, 0) is 9.53 Å². The third-order valence-electron chi connectivity index (χ3n) is 6.00. The molecule has 8 heteroatoms. The average molecular weight is 403 g/mol. The van der Waals surface area contributed by atoms with Gasteiger partial charge in [-0.15, -0.1) is 0 Å². The van der Waals surface area contributed by atoms with E-state index in [0.717, 1.165) is 38.8 Å². The number of hydrogen-bond donors (Lipinski definition) is 0. The van der Waals surface area contributed by atoms with Crippen molar-refractivity contribution in [1.29, 1.82) is 0 Å². The van der Waals surface area contributed by atoms with Crippen LogP contribution in [0.15, 0.2) is 18.2 Å². The van der Waals surface area contributed by atoms with Crippen molar-refractivity contribution < 1.29 is 19.2 Å². The van der Waals surface area contributed by atoms with Crippen LogP contribution in [0, 0.1) is 22.0 Å². The molecule has 2 heterocycles. The molecule has 2 fully saturated rings. The van der Waals surface area contributed by atoms with Gasteiger partial charge in [0.2, 0.25) is 0 Å². The van der Waals surface area contributed by atoms with Gasteiger partial charge in [0.1, 0.15) is 0 Å². The molecular weight excluding hydrogens is 374 g/mol. The molecule has 0 atom stereocenters. The molecule has 2 saturated heterocycles. The average Bonchev–Trinajstić information content (AvgIpc) is 2.72. The lowest BCUT2D eigenvalue weighted by molar-refractivity contribution is -0.384. The molecule has 3 rings (SSSR count). The minimum absolute atomic E-state index is 0.147. The summed E-state index contributed by atoms with van der Waals surface area (Å²) in [6.07, 6.45) is 3.89. The third kappa shape index (κ3) is 5.25. The normalized spacial score (nSPS) is 18.6. The maximum absolute atomic E-state index is 12.7. The van der Waals surface area contributed by atoms with Crippen molar-refractivity contribution in [2.45, 2.75) is 39.5 Å². The maximum atomic E-state index is 12.7. The van der Waals surface area contributed by atoms with Crippen LogP contribution in [0.1, 0.15) is 49.9 Å². The summed E-state index contributed by atoms with van der Waals surface area (Å²) in [6.45, 7) is 6.92. The number of nitrogens with zero attached hydrogens (tertiary/aromatic N) is 3. The maximum Gasteiger partial charge on any atom is 0.341 e. The molecule has 0 saturated carbocycles. The number of carbonyl (C=O) groups is 2. The molecule has 0 radical (unpaired) electrons. The number of nitro benzene ring substituents is 1. The molecule has 0 aliphatic carbocycles. The van der Waals surface area contributed by atoms with E-state index in [1.54, 1.807) is 11.0 Å². The Morgan fingerprint density at radius 3 is 2.24 bits per heavy atom. The zero-order valence-electron chi connectivity index (χ0n) is 17.1. The highest BCUT2D eigenvalue weighted by Crippen LogP contribution is 2.30. The van der Waals surface area contributed by atoms with E-state index in [4.69, 9.17) is 4.74 Å². The molecule has 0 aromatic heterocycles. The molecule has 158 valence electrons. The Morgan fingerprint density at radius 1 is 1.07 bits per heavy atom. The van der Waals surface area contributed by atoms with E-state index in [0.29, 0.717) is 30.6 Å². The van der Waals surface area contributed by atoms with Gasteiger partial charge in [0.15, 0.2) is 6.61 Å². The van der Waals surface area contributed by atoms with E-state index in [-0.39, 0.29) is 23.8 Å². The van der Waals surface area contributed by atoms with E-state index in [1.165, 1.54) is 12.1 Å². The van der Waals surface area contributed by atoms with E-state index < -0.39 is 10.9 Å². The smallest absolute Gasteiger partial charge is 0.341 e. The van der Waals surface area contributed by atoms with Gasteiger partial charge in [-0.05, 0) is 43.6 Å². The van der Waals surface area contributed by atoms with Gasteiger partial charge in [-0.25, -0.2) is 4.79 Å². The number of nitro groups is 1. The third-order valence-corrected chi connectivity index (χ3v) is 6.00. The summed E-state index contributed by atoms with van der Waals surface area (Å²) in [5.41, 5.74) is 0.614. The van der Waals surface area contributed by atoms with E-state index >= 15 is 0 Å². The summed E-state index contributed by atoms with van der Waals surface area (Å²) >= 11 is 0. The predicted octanol–water partition coefficient (Wildman–Crippen LogP) is 3.25. The predicted molar refractivity (Wildman–Crippen MR) is 109 cm³/mol. The monoisotopic (exact) mass is 403 g/mol. The van der Waals surface area contributed by atoms with E-state index in [9.17, 15) is 19.7 Å². The molecular formula is C21H29N3O5. The summed E-state index contributed by atoms with van der Waals surface area (Å²) in [7, 11) is 0. The van der Waals surface area contributed by atoms with Crippen LogP contribution in [-0.4, -0.2) is 54.5 Å². The molecule has 2 aliphatic rings. The summed E-state index contributed by atoms with van der Waals surface area (Å²) in [6, 6.07) is 4.27. The zero-order chi connectivity index (χ0) is 21.0. The number of benzene rings is 1. The highest BCUT2D eigenvalue weighted by atomic mass is 16.6. The SMILES string of the molecule is CC1CCN(C(=O)COC(=O)c2cc([N+](=O)[O-])ccc2N2CCC(C)CC2)CC1. The lowest BCUT2D eigenvalue weighted by atomic mass is 9.98. The van der Waals surface area contributed by atoms with Gasteiger partial charge in [0, 0.05) is 38.3 Å². The molecule has 1 aromatic rings. The molecule has 2 aliphatic heterocycles. The van der Waals surface area contributed by atoms with Crippen LogP contribution >= 0.6 is 0 Å². The van der Waals surface area contributed by atoms with Crippen molar-refractivity contribution in [3.8, 4) is 0 Å². The number of hydrogen-bond acceptors (Lipinski definition) is 6. The second kappa shape index (κ2) is 9.24. The standard InChI is InChI=1S/C21H29N3O5/c1-15-5-9-22(10-6-15)19-4-3-17(24(27)28)13-18(19)21(26)29-14-20(25)23-11-7-16(2)8-12-23/h3-4,13,15-16H,5-12,14H2,1-2H3. The van der Waals surface area contributed by atoms with Crippen LogP contribution in [0.25, 0.3) is 0 Å². The molecule has 0 bridgehead atoms. The summed E-state index contributed by atoms with van der Waals surface area (Å²) in [4.78, 5) is 39.5. The fourth-order valence-corrected chi connectivity index (χ4v) is 3.88. The number of ether oxygens (including phenoxy) is 1. The van der Waals surface area contributed by atoms with Gasteiger partial charge in [-0.2, -0.15) is 0 Å². The van der Waals surface area contributed by atoms with Crippen LogP contribution in [0.3, 0.4) is 0 Å². The van der Waals surface area contributed by atoms with Gasteiger partial charge in [-0.1, -0.05) is 13.8 Å². The van der Waals surface area contributed by atoms with Gasteiger partial charge in [0.05, 0.1) is 16.2 Å². The Bertz CT molecular complexity index is 766. The first-order chi connectivity index (χ1) is 13.8. The van der Waals surface area contributed by atoms with E-state index in [1.807, 2.05) is 0 Å². The van der Waals surface area contributed by atoms with Crippen molar-refractivity contribution in [3.63, 3.8) is 0 Å². The number of likely N-dealkylation sites (tertiary alicyclic amines) is 1. The summed E-state index contributed by atoms with van der Waals surface area (Å²) < 4.78 is 5.28. The quantitative estimate of drug-likeness (QED) is 0.426. The minimum Gasteiger partial charge on any atom is -0.452 e. The molecule has 0 unspecified atom stereocenters. The summed E-state index contributed by atoms with van der Waals surface area (Å²) in [5, 5.41) is 11.2. The summed E-state index contributed by atoms with van der Waals surface area (Å²) in [5.74, 6) is 0.302. The topological polar surface area (TPSA) is 93.0 Å². The second-order valence-corrected chi connectivity index (χ2v) is 8.27. The zero-order valence-corrected chi connectivity index (χ0v) is 17.1. The lowest BCUT2D eigenvalue weighted by Gasteiger charge is -2.33. The highest BCUT2D eigenvalue weighted by Gasteiger charge is 2.26. The Balaban J connectivity index is 1.71. The largest absolute Gasteiger partial charge is 0.452 e. The van der Waals surface area contributed by atoms with Crippen molar-refractivity contribution >= 4 is 23.3 Å². The Kier molecular flexibility index (Phi) is 6.71. The number of piperidine rings is 2. The Hall–Kier alpha value is -2.64. The van der Waals surface area contributed by atoms with Crippen LogP contribution in [0.2, 0.25) is 0 Å². The van der Waals surface area contributed by atoms with Crippen molar-refractivity contribution in [2.75, 3.05) is 37.7 Å². The first-order valence-corrected chi connectivity index (χ1v) is 10.3. The number of amides is 1. The van der Waals surface area contributed by atoms with Crippen LogP contribution in [0.4, 0.5) is 11.4 Å². The number of esters is 1. The molecule has 1 amide bonds. The van der Waals surface area contributed by atoms with Crippen LogP contribution < -0.4 is 4.90 Å². The fraction of sp³-hybridized carbons (Fsp3) is 0.619. The number of non-ortho nitro benzene ring substituents is 1. The number of rotatable bonds is 5. The van der Waals surface area contributed by atoms with Gasteiger partial charge in [0.25, 0.3) is 11.6 Å². The van der Waals surface area contributed by atoms with Gasteiger partial charge < -0.3 is 14.5 Å². The lowest BCUT2D eigenvalue weighted by Crippen LogP contribution is -2.40. The minimum atomic E-state index is -0.693. The Labute approximate surface area is 171 Å². The molecule has 0 spiro atoms. The number of anilines is 1. The van der Waals surface area contributed by atoms with Crippen molar-refractivity contribution in [2.24, 2.45) is 11.8 Å². The first-order valence-electron chi connectivity index (χ1n) is 10.3. The molecule has 0 N–H and O–H groups in total. The molecule has 8 nitrogen and oxygen atoms in total. The molecule has 29 heavy (non-hydrogen) atoms. The first kappa shape index (κ1) is 21.1. The second-order valence-electron chi connectivity index (χ2n) is 8.27. The van der Waals surface area contributed by atoms with Gasteiger partial charge >= 0.3 is 5.97 Å². The Morgan fingerprint density at radius 2 is 1.66 bits per heavy atom. The fourth-order valence-electron chi connectivity index (χ4n) is 3.88. The van der Waals surface area contributed by atoms with Crippen LogP contribution in [0.5, 0.6) is 0 Å². The van der Waals surface area contributed by atoms with E-state index in [2.05, 4.69) is 18.7 Å².